The zero-order valence-electron chi connectivity index (χ0n) is 4.80. The quantitative estimate of drug-likeness (QED) is 0.329. The molecule has 0 atom stereocenters. The van der Waals surface area contributed by atoms with Crippen molar-refractivity contribution in [2.45, 2.75) is 12.6 Å². The Morgan fingerprint density at radius 2 is 1.89 bits per heavy atom. The molecule has 0 aromatic heterocycles. The fourth-order valence-corrected chi connectivity index (χ4v) is 0.769. The Hall–Kier alpha value is -0.323. The molecule has 0 aliphatic carbocycles. The van der Waals surface area contributed by atoms with E-state index in [0.717, 1.165) is 6.55 Å². The topological polar surface area (TPSA) is 0 Å². The highest BCUT2D eigenvalue weighted by molar-refractivity contribution is 6.65. The molecule has 0 aliphatic rings. The molecule has 0 aromatic carbocycles. The van der Waals surface area contributed by atoms with Crippen LogP contribution in [0, 0.1) is 0 Å². The molecule has 0 rings (SSSR count). The maximum Gasteiger partial charge on any atom is 0.425 e. The van der Waals surface area contributed by atoms with Gasteiger partial charge in [0.2, 0.25) is 0 Å². The first-order valence-electron chi connectivity index (χ1n) is 2.31. The van der Waals surface area contributed by atoms with Crippen LogP contribution >= 0.6 is 0 Å². The minimum absolute atomic E-state index is 0.270. The Morgan fingerprint density at radius 3 is 2.00 bits per heavy atom. The minimum Gasteiger partial charge on any atom is -0.270 e. The lowest BCUT2D eigenvalue weighted by molar-refractivity contribution is 0.419. The van der Waals surface area contributed by atoms with Crippen molar-refractivity contribution in [2.75, 3.05) is 0 Å². The second-order valence-corrected chi connectivity index (χ2v) is 4.32. The Labute approximate surface area is 51.5 Å². The van der Waals surface area contributed by atoms with Gasteiger partial charge in [0.05, 0.1) is 0 Å². The highest BCUT2D eigenvalue weighted by Gasteiger charge is 2.26. The highest BCUT2D eigenvalue weighted by Crippen LogP contribution is 2.14. The van der Waals surface area contributed by atoms with Crippen molar-refractivity contribution in [3.8, 4) is 0 Å². The fraction of sp³-hybridized carbons (Fsp3) is 0.500. The summed E-state index contributed by atoms with van der Waals surface area (Å²) in [5, 5.41) is 0. The lowest BCUT2D eigenvalue weighted by atomic mass is 10.7. The van der Waals surface area contributed by atoms with Crippen LogP contribution in [0.4, 0.5) is 17.0 Å². The van der Waals surface area contributed by atoms with Crippen LogP contribution in [0.5, 0.6) is 0 Å². The Balaban J connectivity index is 3.64. The number of rotatable bonds is 2. The molecule has 0 heterocycles. The predicted molar refractivity (Wildman–Crippen MR) is 28.9 cm³/mol. The second-order valence-electron chi connectivity index (χ2n) is 1.77. The van der Waals surface area contributed by atoms with Gasteiger partial charge in [0.15, 0.2) is 0 Å². The summed E-state index contributed by atoms with van der Waals surface area (Å²) in [5.74, 6) is 0. The number of hydrogen-bond donors (Lipinski definition) is 0. The first-order chi connectivity index (χ1) is 3.92. The van der Waals surface area contributed by atoms with Crippen molar-refractivity contribution in [1.29, 1.82) is 0 Å². The van der Waals surface area contributed by atoms with Gasteiger partial charge in [0.1, 0.15) is 0 Å². The smallest absolute Gasteiger partial charge is 0.270 e. The molecular weight excluding hydrogens is 152 g/mol. The molecule has 0 unspecified atom stereocenters. The zero-order chi connectivity index (χ0) is 7.49. The summed E-state index contributed by atoms with van der Waals surface area (Å²) in [4.78, 5) is 0. The molecule has 0 fully saturated rings. The van der Waals surface area contributed by atoms with E-state index in [2.05, 4.69) is 0 Å². The van der Waals surface area contributed by atoms with E-state index in [1.165, 1.54) is 0 Å². The summed E-state index contributed by atoms with van der Waals surface area (Å²) in [6.07, 6.45) is -1.75. The van der Waals surface area contributed by atoms with Gasteiger partial charge in [-0.15, -0.1) is 0 Å². The highest BCUT2D eigenvalue weighted by atomic mass is 28.4. The van der Waals surface area contributed by atoms with E-state index < -0.39 is 20.9 Å². The molecule has 5 heteroatoms. The molecule has 0 aliphatic heterocycles. The summed E-state index contributed by atoms with van der Waals surface area (Å²) in [6.45, 7) is 0.729. The number of halogens is 4. The van der Waals surface area contributed by atoms with Crippen LogP contribution in [-0.4, -0.2) is 8.74 Å². The molecule has 0 saturated heterocycles. The predicted octanol–water partition coefficient (Wildman–Crippen LogP) is 2.78. The van der Waals surface area contributed by atoms with Crippen molar-refractivity contribution in [1.82, 2.24) is 0 Å². The first kappa shape index (κ1) is 8.68. The standard InChI is InChI=1S/C4H6F4Si/c1-9(7,8)3-2-4(5)6/h2H,3H2,1H3. The molecule has 9 heavy (non-hydrogen) atoms. The van der Waals surface area contributed by atoms with Crippen LogP contribution in [0.15, 0.2) is 12.2 Å². The average Bonchev–Trinajstić information content (AvgIpc) is 1.59. The Kier molecular flexibility index (Phi) is 2.89. The molecule has 0 N–H and O–H groups in total. The molecule has 0 bridgehead atoms. The maximum absolute atomic E-state index is 11.8. The van der Waals surface area contributed by atoms with Crippen LogP contribution in [-0.2, 0) is 0 Å². The zero-order valence-corrected chi connectivity index (χ0v) is 5.80. The lowest BCUT2D eigenvalue weighted by Gasteiger charge is -1.98. The van der Waals surface area contributed by atoms with E-state index in [4.69, 9.17) is 0 Å². The summed E-state index contributed by atoms with van der Waals surface area (Å²) in [5.41, 5.74) is 0. The van der Waals surface area contributed by atoms with Crippen LogP contribution in [0.3, 0.4) is 0 Å². The maximum atomic E-state index is 11.8. The Morgan fingerprint density at radius 1 is 1.44 bits per heavy atom. The molecule has 0 spiro atoms. The summed E-state index contributed by atoms with van der Waals surface area (Å²) < 4.78 is 45.9. The molecule has 0 nitrogen and oxygen atoms in total. The van der Waals surface area contributed by atoms with Crippen molar-refractivity contribution in [2.24, 2.45) is 0 Å². The van der Waals surface area contributed by atoms with Crippen LogP contribution in [0.25, 0.3) is 0 Å². The van der Waals surface area contributed by atoms with Crippen molar-refractivity contribution >= 4 is 8.74 Å². The van der Waals surface area contributed by atoms with Gasteiger partial charge >= 0.3 is 8.74 Å². The van der Waals surface area contributed by atoms with Gasteiger partial charge in [-0.3, -0.25) is 8.22 Å². The van der Waals surface area contributed by atoms with E-state index in [1.807, 2.05) is 0 Å². The SMILES string of the molecule is C[Si](F)(F)CC=C(F)F. The summed E-state index contributed by atoms with van der Waals surface area (Å²) in [6, 6.07) is -0.755. The van der Waals surface area contributed by atoms with Crippen LogP contribution in [0.1, 0.15) is 0 Å². The average molecular weight is 158 g/mol. The summed E-state index contributed by atoms with van der Waals surface area (Å²) in [7, 11) is -4.28. The van der Waals surface area contributed by atoms with E-state index in [-0.39, 0.29) is 6.08 Å². The lowest BCUT2D eigenvalue weighted by Crippen LogP contribution is -2.13. The monoisotopic (exact) mass is 158 g/mol. The fourth-order valence-electron chi connectivity index (χ4n) is 0.256. The van der Waals surface area contributed by atoms with Crippen molar-refractivity contribution in [3.63, 3.8) is 0 Å². The van der Waals surface area contributed by atoms with E-state index in [9.17, 15) is 17.0 Å². The number of hydrogen-bond acceptors (Lipinski definition) is 0. The van der Waals surface area contributed by atoms with E-state index in [1.54, 1.807) is 0 Å². The van der Waals surface area contributed by atoms with Gasteiger partial charge in [-0.05, 0) is 12.6 Å². The molecule has 0 aromatic rings. The molecule has 0 radical (unpaired) electrons. The van der Waals surface area contributed by atoms with Crippen molar-refractivity contribution < 1.29 is 17.0 Å². The van der Waals surface area contributed by atoms with Crippen molar-refractivity contribution in [3.05, 3.63) is 12.2 Å². The minimum atomic E-state index is -4.28. The third kappa shape index (κ3) is 7.68. The molecule has 54 valence electrons. The third-order valence-corrected chi connectivity index (χ3v) is 1.54. The largest absolute Gasteiger partial charge is 0.425 e. The second kappa shape index (κ2) is 3.00. The van der Waals surface area contributed by atoms with Gasteiger partial charge in [-0.2, -0.15) is 8.78 Å². The molecule has 0 saturated carbocycles. The molecule has 0 amide bonds. The van der Waals surface area contributed by atoms with Gasteiger partial charge in [0.25, 0.3) is 6.08 Å². The first-order valence-corrected chi connectivity index (χ1v) is 4.77. The van der Waals surface area contributed by atoms with E-state index >= 15 is 0 Å². The number of allylic oxidation sites excluding steroid dienone is 1. The van der Waals surface area contributed by atoms with Gasteiger partial charge < -0.3 is 0 Å². The summed E-state index contributed by atoms with van der Waals surface area (Å²) >= 11 is 0. The molecular formula is C4H6F4Si. The van der Waals surface area contributed by atoms with Crippen LogP contribution in [0.2, 0.25) is 12.6 Å². The van der Waals surface area contributed by atoms with Gasteiger partial charge in [0, 0.05) is 6.04 Å². The van der Waals surface area contributed by atoms with Crippen LogP contribution < -0.4 is 0 Å². The Bertz CT molecular complexity index is 110. The third-order valence-electron chi connectivity index (χ3n) is 0.615. The van der Waals surface area contributed by atoms with Gasteiger partial charge in [-0.25, -0.2) is 0 Å². The van der Waals surface area contributed by atoms with E-state index in [0.29, 0.717) is 0 Å². The van der Waals surface area contributed by atoms with Gasteiger partial charge in [-0.1, -0.05) is 0 Å². The normalized spacial score (nSPS) is 11.2.